The highest BCUT2D eigenvalue weighted by Crippen LogP contribution is 2.35. The Hall–Kier alpha value is -1.81. The van der Waals surface area contributed by atoms with Crippen molar-refractivity contribution in [3.05, 3.63) is 41.3 Å². The van der Waals surface area contributed by atoms with Crippen LogP contribution in [0.4, 0.5) is 0 Å². The van der Waals surface area contributed by atoms with Crippen LogP contribution in [0.25, 0.3) is 10.4 Å². The quantitative estimate of drug-likeness (QED) is 0.892. The Morgan fingerprint density at radius 1 is 1.26 bits per heavy atom. The second-order valence-corrected chi connectivity index (χ2v) is 5.75. The van der Waals surface area contributed by atoms with Gasteiger partial charge in [0, 0.05) is 10.4 Å². The number of hydrogen-bond acceptors (Lipinski definition) is 3. The van der Waals surface area contributed by atoms with Crippen molar-refractivity contribution in [1.82, 2.24) is 0 Å². The molecule has 0 spiro atoms. The van der Waals surface area contributed by atoms with Crippen molar-refractivity contribution < 1.29 is 14.6 Å². The Bertz CT molecular complexity index is 572. The van der Waals surface area contributed by atoms with E-state index < -0.39 is 5.97 Å². The molecule has 1 aromatic heterocycles. The van der Waals surface area contributed by atoms with Gasteiger partial charge in [0.2, 0.25) is 0 Å². The van der Waals surface area contributed by atoms with E-state index in [1.807, 2.05) is 30.3 Å². The average molecular weight is 276 g/mol. The summed E-state index contributed by atoms with van der Waals surface area (Å²) in [4.78, 5) is 12.2. The predicted molar refractivity (Wildman–Crippen MR) is 77.0 cm³/mol. The molecule has 0 amide bonds. The molecule has 0 aliphatic carbocycles. The maximum absolute atomic E-state index is 10.9. The second kappa shape index (κ2) is 5.89. The predicted octanol–water partition coefficient (Wildman–Crippen LogP) is 4.15. The first-order chi connectivity index (χ1) is 9.08. The number of carbonyl (C=O) groups is 1. The fourth-order valence-electron chi connectivity index (χ4n) is 1.65. The van der Waals surface area contributed by atoms with E-state index in [1.54, 1.807) is 6.07 Å². The summed E-state index contributed by atoms with van der Waals surface area (Å²) >= 11 is 1.26. The number of para-hydroxylation sites is 1. The Morgan fingerprint density at radius 3 is 2.63 bits per heavy atom. The first-order valence-electron chi connectivity index (χ1n) is 6.13. The molecule has 100 valence electrons. The van der Waals surface area contributed by atoms with Gasteiger partial charge in [-0.2, -0.15) is 0 Å². The van der Waals surface area contributed by atoms with Crippen LogP contribution in [0.3, 0.4) is 0 Å². The van der Waals surface area contributed by atoms with Crippen LogP contribution in [0.5, 0.6) is 5.75 Å². The highest BCUT2D eigenvalue weighted by Gasteiger charge is 2.12. The Labute approximate surface area is 116 Å². The van der Waals surface area contributed by atoms with Crippen molar-refractivity contribution in [2.75, 3.05) is 6.61 Å². The summed E-state index contributed by atoms with van der Waals surface area (Å²) in [6, 6.07) is 11.2. The minimum absolute atomic E-state index is 0.341. The van der Waals surface area contributed by atoms with Crippen LogP contribution >= 0.6 is 11.3 Å². The topological polar surface area (TPSA) is 46.5 Å². The molecule has 1 aromatic carbocycles. The highest BCUT2D eigenvalue weighted by atomic mass is 32.1. The summed E-state index contributed by atoms with van der Waals surface area (Å²) in [5, 5.41) is 8.97. The lowest BCUT2D eigenvalue weighted by Crippen LogP contribution is -2.05. The molecular weight excluding hydrogens is 260 g/mol. The lowest BCUT2D eigenvalue weighted by molar-refractivity contribution is 0.0702. The van der Waals surface area contributed by atoms with Gasteiger partial charge in [0.1, 0.15) is 10.6 Å². The molecule has 0 fully saturated rings. The molecule has 0 saturated heterocycles. The first-order valence-corrected chi connectivity index (χ1v) is 6.95. The fraction of sp³-hybridized carbons (Fsp3) is 0.267. The van der Waals surface area contributed by atoms with E-state index in [0.717, 1.165) is 16.2 Å². The maximum atomic E-state index is 10.9. The number of rotatable bonds is 5. The fourth-order valence-corrected chi connectivity index (χ4v) is 2.53. The van der Waals surface area contributed by atoms with Crippen molar-refractivity contribution in [1.29, 1.82) is 0 Å². The molecule has 0 radical (unpaired) electrons. The Morgan fingerprint density at radius 2 is 2.00 bits per heavy atom. The van der Waals surface area contributed by atoms with Crippen LogP contribution in [0, 0.1) is 5.92 Å². The van der Waals surface area contributed by atoms with E-state index in [1.165, 1.54) is 11.3 Å². The lowest BCUT2D eigenvalue weighted by atomic mass is 10.1. The van der Waals surface area contributed by atoms with Crippen molar-refractivity contribution in [3.63, 3.8) is 0 Å². The molecule has 0 aliphatic rings. The van der Waals surface area contributed by atoms with Crippen LogP contribution < -0.4 is 4.74 Å². The van der Waals surface area contributed by atoms with Gasteiger partial charge >= 0.3 is 5.97 Å². The van der Waals surface area contributed by atoms with Crippen molar-refractivity contribution in [2.45, 2.75) is 13.8 Å². The molecule has 2 aromatic rings. The van der Waals surface area contributed by atoms with Crippen molar-refractivity contribution in [3.8, 4) is 16.2 Å². The lowest BCUT2D eigenvalue weighted by Gasteiger charge is -2.12. The van der Waals surface area contributed by atoms with Gasteiger partial charge in [0.15, 0.2) is 0 Å². The molecule has 4 heteroatoms. The van der Waals surface area contributed by atoms with Crippen LogP contribution in [0.2, 0.25) is 0 Å². The molecule has 2 rings (SSSR count). The average Bonchev–Trinajstić information content (AvgIpc) is 2.86. The minimum Gasteiger partial charge on any atom is -0.493 e. The summed E-state index contributed by atoms with van der Waals surface area (Å²) < 4.78 is 5.78. The summed E-state index contributed by atoms with van der Waals surface area (Å²) in [6.07, 6.45) is 0. The van der Waals surface area contributed by atoms with Gasteiger partial charge < -0.3 is 9.84 Å². The smallest absolute Gasteiger partial charge is 0.345 e. The zero-order valence-corrected chi connectivity index (χ0v) is 11.7. The van der Waals surface area contributed by atoms with E-state index >= 15 is 0 Å². The summed E-state index contributed by atoms with van der Waals surface area (Å²) in [6.45, 7) is 4.83. The van der Waals surface area contributed by atoms with Crippen LogP contribution in [-0.4, -0.2) is 17.7 Å². The monoisotopic (exact) mass is 276 g/mol. The van der Waals surface area contributed by atoms with Gasteiger partial charge in [-0.05, 0) is 30.2 Å². The van der Waals surface area contributed by atoms with Crippen LogP contribution in [-0.2, 0) is 0 Å². The van der Waals surface area contributed by atoms with Gasteiger partial charge in [-0.3, -0.25) is 0 Å². The van der Waals surface area contributed by atoms with Crippen LogP contribution in [0.15, 0.2) is 36.4 Å². The highest BCUT2D eigenvalue weighted by molar-refractivity contribution is 7.17. The summed E-state index contributed by atoms with van der Waals surface area (Å²) in [7, 11) is 0. The maximum Gasteiger partial charge on any atom is 0.345 e. The zero-order chi connectivity index (χ0) is 13.8. The molecule has 0 saturated carbocycles. The van der Waals surface area contributed by atoms with E-state index in [-0.39, 0.29) is 0 Å². The van der Waals surface area contributed by atoms with Gasteiger partial charge in [-0.1, -0.05) is 26.0 Å². The van der Waals surface area contributed by atoms with E-state index in [4.69, 9.17) is 9.84 Å². The SMILES string of the molecule is CC(C)COc1ccccc1-c1ccc(C(=O)O)s1. The summed E-state index contributed by atoms with van der Waals surface area (Å²) in [5.41, 5.74) is 0.945. The van der Waals surface area contributed by atoms with Crippen molar-refractivity contribution >= 4 is 17.3 Å². The number of carboxylic acids is 1. The van der Waals surface area contributed by atoms with E-state index in [9.17, 15) is 4.79 Å². The molecule has 3 nitrogen and oxygen atoms in total. The number of ether oxygens (including phenoxy) is 1. The minimum atomic E-state index is -0.892. The number of carboxylic acid groups (broad SMARTS) is 1. The van der Waals surface area contributed by atoms with Crippen LogP contribution in [0.1, 0.15) is 23.5 Å². The number of thiophene rings is 1. The third kappa shape index (κ3) is 3.35. The van der Waals surface area contributed by atoms with Gasteiger partial charge in [-0.15, -0.1) is 11.3 Å². The molecule has 1 heterocycles. The van der Waals surface area contributed by atoms with Gasteiger partial charge in [-0.25, -0.2) is 4.79 Å². The number of hydrogen-bond donors (Lipinski definition) is 1. The Kier molecular flexibility index (Phi) is 4.22. The normalized spacial score (nSPS) is 10.7. The molecule has 0 unspecified atom stereocenters. The van der Waals surface area contributed by atoms with Gasteiger partial charge in [0.25, 0.3) is 0 Å². The molecule has 0 atom stereocenters. The number of benzene rings is 1. The Balaban J connectivity index is 2.30. The first kappa shape index (κ1) is 13.6. The number of aromatic carboxylic acids is 1. The zero-order valence-electron chi connectivity index (χ0n) is 10.9. The standard InChI is InChI=1S/C15H16O3S/c1-10(2)9-18-12-6-4-3-5-11(12)13-7-8-14(19-13)15(16)17/h3-8,10H,9H2,1-2H3,(H,16,17). The summed E-state index contributed by atoms with van der Waals surface area (Å²) in [5.74, 6) is 0.359. The molecule has 1 N–H and O–H groups in total. The molecule has 0 aliphatic heterocycles. The van der Waals surface area contributed by atoms with Gasteiger partial charge in [0.05, 0.1) is 6.61 Å². The molecule has 0 bridgehead atoms. The molecule has 19 heavy (non-hydrogen) atoms. The van der Waals surface area contributed by atoms with E-state index in [2.05, 4.69) is 13.8 Å². The van der Waals surface area contributed by atoms with Crippen molar-refractivity contribution in [2.24, 2.45) is 5.92 Å². The largest absolute Gasteiger partial charge is 0.493 e. The molecular formula is C15H16O3S. The van der Waals surface area contributed by atoms with E-state index in [0.29, 0.717) is 17.4 Å². The third-order valence-electron chi connectivity index (χ3n) is 2.54. The second-order valence-electron chi connectivity index (χ2n) is 4.67. The third-order valence-corrected chi connectivity index (χ3v) is 3.65.